The maximum Gasteiger partial charge on any atom is 0.335 e. The zero-order chi connectivity index (χ0) is 25.0. The van der Waals surface area contributed by atoms with Gasteiger partial charge in [-0.3, -0.25) is 4.79 Å². The minimum atomic E-state index is -3.80. The van der Waals surface area contributed by atoms with Crippen LogP contribution in [0.15, 0.2) is 52.9 Å². The van der Waals surface area contributed by atoms with Gasteiger partial charge in [0.2, 0.25) is 10.0 Å². The summed E-state index contributed by atoms with van der Waals surface area (Å²) < 4.78 is 46.8. The molecule has 0 aliphatic heterocycles. The van der Waals surface area contributed by atoms with Crippen LogP contribution in [-0.2, 0) is 24.3 Å². The Kier molecular flexibility index (Phi) is 8.16. The maximum absolute atomic E-state index is 13.9. The third-order valence-electron chi connectivity index (χ3n) is 4.49. The van der Waals surface area contributed by atoms with Crippen molar-refractivity contribution in [3.05, 3.63) is 70.5 Å². The molecule has 0 bridgehead atoms. The first kappa shape index (κ1) is 26.2. The van der Waals surface area contributed by atoms with Crippen molar-refractivity contribution in [2.45, 2.75) is 51.5 Å². The first-order valence-electron chi connectivity index (χ1n) is 10.3. The second kappa shape index (κ2) is 10.3. The van der Waals surface area contributed by atoms with Crippen LogP contribution >= 0.6 is 0 Å². The van der Waals surface area contributed by atoms with E-state index in [1.54, 1.807) is 34.6 Å². The molecule has 0 amide bonds. The third-order valence-corrected chi connectivity index (χ3v) is 6.27. The Morgan fingerprint density at radius 1 is 1.06 bits per heavy atom. The molecule has 0 aliphatic carbocycles. The fourth-order valence-corrected chi connectivity index (χ4v) is 4.63. The minimum Gasteiger partial charge on any atom is -0.481 e. The molecule has 2 N–H and O–H groups in total. The van der Waals surface area contributed by atoms with Gasteiger partial charge in [0.1, 0.15) is 5.82 Å². The summed E-state index contributed by atoms with van der Waals surface area (Å²) in [6.07, 6.45) is -0.629. The summed E-state index contributed by atoms with van der Waals surface area (Å²) in [6.45, 7) is 8.33. The number of carbonyl (C=O) groups excluding carboxylic acids is 1. The van der Waals surface area contributed by atoms with Crippen LogP contribution in [0.25, 0.3) is 5.57 Å². The number of ether oxygens (including phenoxy) is 1. The van der Waals surface area contributed by atoms with E-state index in [2.05, 4.69) is 4.72 Å². The van der Waals surface area contributed by atoms with Crippen molar-refractivity contribution in [2.24, 2.45) is 0 Å². The van der Waals surface area contributed by atoms with Gasteiger partial charge in [0.05, 0.1) is 23.5 Å². The van der Waals surface area contributed by atoms with E-state index in [4.69, 9.17) is 4.74 Å². The van der Waals surface area contributed by atoms with Gasteiger partial charge in [0, 0.05) is 5.54 Å². The summed E-state index contributed by atoms with van der Waals surface area (Å²) in [4.78, 5) is 24.2. The number of sulfonamides is 1. The fraction of sp³-hybridized carbons (Fsp3) is 0.333. The number of esters is 1. The number of benzene rings is 2. The Hall–Kier alpha value is -3.04. The summed E-state index contributed by atoms with van der Waals surface area (Å²) >= 11 is 0. The van der Waals surface area contributed by atoms with Gasteiger partial charge >= 0.3 is 11.9 Å². The van der Waals surface area contributed by atoms with Gasteiger partial charge in [-0.15, -0.1) is 0 Å². The van der Waals surface area contributed by atoms with Crippen LogP contribution in [0.3, 0.4) is 0 Å². The largest absolute Gasteiger partial charge is 0.481 e. The molecule has 9 heteroatoms. The number of aryl methyl sites for hydroxylation is 1. The lowest BCUT2D eigenvalue weighted by molar-refractivity contribution is -0.142. The quantitative estimate of drug-likeness (QED) is 0.438. The van der Waals surface area contributed by atoms with E-state index < -0.39 is 39.7 Å². The molecule has 178 valence electrons. The number of carbonyl (C=O) groups is 2. The highest BCUT2D eigenvalue weighted by Gasteiger charge is 2.25. The Morgan fingerprint density at radius 2 is 1.64 bits per heavy atom. The van der Waals surface area contributed by atoms with Gasteiger partial charge < -0.3 is 9.84 Å². The van der Waals surface area contributed by atoms with Crippen LogP contribution in [0.5, 0.6) is 0 Å². The topological polar surface area (TPSA) is 110 Å². The van der Waals surface area contributed by atoms with Crippen molar-refractivity contribution < 1.29 is 32.2 Å². The zero-order valence-corrected chi connectivity index (χ0v) is 20.0. The predicted molar refractivity (Wildman–Crippen MR) is 123 cm³/mol. The van der Waals surface area contributed by atoms with Crippen molar-refractivity contribution in [1.82, 2.24) is 4.72 Å². The van der Waals surface area contributed by atoms with Crippen molar-refractivity contribution in [3.63, 3.8) is 0 Å². The molecule has 0 aliphatic rings. The second-order valence-corrected chi connectivity index (χ2v) is 10.2. The summed E-state index contributed by atoms with van der Waals surface area (Å²) in [5, 5.41) is 9.41. The van der Waals surface area contributed by atoms with Gasteiger partial charge in [-0.2, -0.15) is 0 Å². The van der Waals surface area contributed by atoms with Gasteiger partial charge in [-0.1, -0.05) is 18.2 Å². The Morgan fingerprint density at radius 3 is 2.12 bits per heavy atom. The van der Waals surface area contributed by atoms with E-state index in [1.165, 1.54) is 42.5 Å². The molecule has 2 aromatic rings. The van der Waals surface area contributed by atoms with E-state index in [9.17, 15) is 27.5 Å². The highest BCUT2D eigenvalue weighted by Crippen LogP contribution is 2.31. The number of nitrogens with one attached hydrogen (secondary N) is 1. The number of hydrogen-bond acceptors (Lipinski definition) is 5. The lowest BCUT2D eigenvalue weighted by atomic mass is 9.90. The molecule has 0 aromatic heterocycles. The first-order valence-corrected chi connectivity index (χ1v) is 11.8. The number of carboxylic acids is 1. The molecule has 0 saturated heterocycles. The van der Waals surface area contributed by atoms with E-state index in [1.807, 2.05) is 0 Å². The predicted octanol–water partition coefficient (Wildman–Crippen LogP) is 4.05. The van der Waals surface area contributed by atoms with Crippen LogP contribution in [-0.4, -0.2) is 37.6 Å². The van der Waals surface area contributed by atoms with Crippen LogP contribution in [0.1, 0.15) is 50.8 Å². The number of halogens is 1. The summed E-state index contributed by atoms with van der Waals surface area (Å²) in [7, 11) is -3.80. The standard InChI is InChI=1S/C24H28FNO6S/c1-6-32-23(29)19(14-21(27)28)22(17-9-12-20(25)15(2)13-17)16-7-10-18(11-8-16)33(30,31)26-24(3,4)5/h7-13,26H,6,14H2,1-5H3,(H,27,28)/b22-19-. The average Bonchev–Trinajstić information content (AvgIpc) is 2.68. The molecule has 0 atom stereocenters. The van der Waals surface area contributed by atoms with Crippen LogP contribution < -0.4 is 4.72 Å². The normalized spacial score (nSPS) is 12.8. The van der Waals surface area contributed by atoms with Crippen LogP contribution in [0.2, 0.25) is 0 Å². The highest BCUT2D eigenvalue weighted by molar-refractivity contribution is 7.89. The molecule has 0 heterocycles. The lowest BCUT2D eigenvalue weighted by Crippen LogP contribution is -2.40. The van der Waals surface area contributed by atoms with Gasteiger partial charge in [0.25, 0.3) is 0 Å². The lowest BCUT2D eigenvalue weighted by Gasteiger charge is -2.20. The molecule has 0 saturated carbocycles. The van der Waals surface area contributed by atoms with Gasteiger partial charge in [-0.25, -0.2) is 22.3 Å². The highest BCUT2D eigenvalue weighted by atomic mass is 32.2. The SMILES string of the molecule is CCOC(=O)/C(CC(=O)O)=C(/c1ccc(S(=O)(=O)NC(C)(C)C)cc1)c1ccc(F)c(C)c1. The van der Waals surface area contributed by atoms with Crippen molar-refractivity contribution in [3.8, 4) is 0 Å². The molecule has 2 rings (SSSR count). The summed E-state index contributed by atoms with van der Waals surface area (Å²) in [6, 6.07) is 9.84. The van der Waals surface area contributed by atoms with Crippen molar-refractivity contribution >= 4 is 27.5 Å². The van der Waals surface area contributed by atoms with E-state index in [-0.39, 0.29) is 22.6 Å². The van der Waals surface area contributed by atoms with Crippen LogP contribution in [0.4, 0.5) is 4.39 Å². The molecule has 0 fully saturated rings. The van der Waals surface area contributed by atoms with E-state index in [0.29, 0.717) is 16.7 Å². The smallest absolute Gasteiger partial charge is 0.335 e. The zero-order valence-electron chi connectivity index (χ0n) is 19.2. The molecule has 0 unspecified atom stereocenters. The second-order valence-electron chi connectivity index (χ2n) is 8.49. The van der Waals surface area contributed by atoms with Crippen molar-refractivity contribution in [1.29, 1.82) is 0 Å². The summed E-state index contributed by atoms with van der Waals surface area (Å²) in [5.74, 6) is -2.52. The first-order chi connectivity index (χ1) is 15.2. The number of rotatable bonds is 8. The molecule has 7 nitrogen and oxygen atoms in total. The van der Waals surface area contributed by atoms with Crippen molar-refractivity contribution in [2.75, 3.05) is 6.61 Å². The minimum absolute atomic E-state index is 0.00623. The number of carboxylic acid groups (broad SMARTS) is 1. The monoisotopic (exact) mass is 477 g/mol. The molecule has 33 heavy (non-hydrogen) atoms. The molecule has 0 radical (unpaired) electrons. The van der Waals surface area contributed by atoms with E-state index >= 15 is 0 Å². The number of aliphatic carboxylic acids is 1. The third kappa shape index (κ3) is 6.97. The van der Waals surface area contributed by atoms with Crippen LogP contribution in [0, 0.1) is 12.7 Å². The summed E-state index contributed by atoms with van der Waals surface area (Å²) in [5.41, 5.74) is 0.511. The number of hydrogen-bond donors (Lipinski definition) is 2. The molecule has 0 spiro atoms. The molecular weight excluding hydrogens is 449 g/mol. The average molecular weight is 478 g/mol. The maximum atomic E-state index is 13.9. The molecule has 2 aromatic carbocycles. The Bertz CT molecular complexity index is 1180. The van der Waals surface area contributed by atoms with Gasteiger partial charge in [0.15, 0.2) is 0 Å². The Balaban J connectivity index is 2.73. The van der Waals surface area contributed by atoms with Gasteiger partial charge in [-0.05, 0) is 81.1 Å². The Labute approximate surface area is 193 Å². The molecular formula is C24H28FNO6S. The van der Waals surface area contributed by atoms with E-state index in [0.717, 1.165) is 0 Å². The fourth-order valence-electron chi connectivity index (χ4n) is 3.21.